The van der Waals surface area contributed by atoms with Crippen LogP contribution in [0.25, 0.3) is 11.1 Å². The predicted octanol–water partition coefficient (Wildman–Crippen LogP) is 6.86. The molecule has 0 amide bonds. The van der Waals surface area contributed by atoms with Crippen LogP contribution >= 0.6 is 11.8 Å². The minimum Gasteiger partial charge on any atom is -0.508 e. The molecular formula is C31H32O3S. The highest BCUT2D eigenvalue weighted by Gasteiger charge is 2.56. The van der Waals surface area contributed by atoms with E-state index in [0.29, 0.717) is 34.3 Å². The summed E-state index contributed by atoms with van der Waals surface area (Å²) in [4.78, 5) is 12.2. The number of thioether (sulfide) groups is 1. The standard InChI is InChI=1S/C31H32O3S/c1-31-15-14-26-25-11-8-23(33)16-22(25)17-28(30(26)27(31)12-13-29(31)34)35-24-9-6-21(7-10-24)20-4-2-19(18-32)3-5-20/h2-11,16,18,26-30,33-34H,12-15,17H2,1H3. The van der Waals surface area contributed by atoms with Crippen molar-refractivity contribution in [3.8, 4) is 16.9 Å². The Kier molecular flexibility index (Phi) is 5.77. The Labute approximate surface area is 211 Å². The van der Waals surface area contributed by atoms with Gasteiger partial charge in [0.1, 0.15) is 12.0 Å². The lowest BCUT2D eigenvalue weighted by Crippen LogP contribution is -2.48. The highest BCUT2D eigenvalue weighted by molar-refractivity contribution is 8.00. The second-order valence-electron chi connectivity index (χ2n) is 10.9. The van der Waals surface area contributed by atoms with Gasteiger partial charge in [0.15, 0.2) is 0 Å². The van der Waals surface area contributed by atoms with Gasteiger partial charge in [-0.15, -0.1) is 11.8 Å². The van der Waals surface area contributed by atoms with Crippen molar-refractivity contribution in [2.75, 3.05) is 0 Å². The molecule has 0 spiro atoms. The van der Waals surface area contributed by atoms with Crippen molar-refractivity contribution in [1.82, 2.24) is 0 Å². The third-order valence-electron chi connectivity index (χ3n) is 9.18. The molecule has 2 saturated carbocycles. The number of aliphatic hydroxyl groups excluding tert-OH is 1. The zero-order valence-corrected chi connectivity index (χ0v) is 20.9. The number of aldehydes is 1. The molecule has 180 valence electrons. The summed E-state index contributed by atoms with van der Waals surface area (Å²) in [6.45, 7) is 2.32. The van der Waals surface area contributed by atoms with Crippen LogP contribution in [0.3, 0.4) is 0 Å². The number of carbonyl (C=O) groups excluding carboxylic acids is 1. The maximum Gasteiger partial charge on any atom is 0.150 e. The second-order valence-corrected chi connectivity index (χ2v) is 12.2. The van der Waals surface area contributed by atoms with Gasteiger partial charge in [-0.2, -0.15) is 0 Å². The number of benzene rings is 3. The maximum absolute atomic E-state index is 11.0. The number of hydrogen-bond donors (Lipinski definition) is 2. The summed E-state index contributed by atoms with van der Waals surface area (Å²) >= 11 is 1.97. The molecule has 3 aliphatic rings. The molecule has 3 aliphatic carbocycles. The van der Waals surface area contributed by atoms with Gasteiger partial charge < -0.3 is 10.2 Å². The van der Waals surface area contributed by atoms with E-state index in [2.05, 4.69) is 37.3 Å². The number of fused-ring (bicyclic) bond motifs is 5. The number of aliphatic hydroxyl groups is 1. The summed E-state index contributed by atoms with van der Waals surface area (Å²) in [5.74, 6) is 1.92. The van der Waals surface area contributed by atoms with Crippen molar-refractivity contribution >= 4 is 18.0 Å². The summed E-state index contributed by atoms with van der Waals surface area (Å²) in [5, 5.41) is 21.5. The normalized spacial score (nSPS) is 31.3. The fourth-order valence-electron chi connectivity index (χ4n) is 7.31. The zero-order valence-electron chi connectivity index (χ0n) is 20.1. The van der Waals surface area contributed by atoms with E-state index in [-0.39, 0.29) is 11.5 Å². The van der Waals surface area contributed by atoms with Crippen molar-refractivity contribution in [2.24, 2.45) is 17.3 Å². The van der Waals surface area contributed by atoms with Gasteiger partial charge in [-0.1, -0.05) is 49.4 Å². The first-order valence-electron chi connectivity index (χ1n) is 12.8. The molecule has 6 atom stereocenters. The largest absolute Gasteiger partial charge is 0.508 e. The monoisotopic (exact) mass is 484 g/mol. The molecule has 6 rings (SSSR count). The molecule has 3 nitrogen and oxygen atoms in total. The first kappa shape index (κ1) is 22.9. The molecule has 2 N–H and O–H groups in total. The van der Waals surface area contributed by atoms with E-state index in [1.807, 2.05) is 48.2 Å². The first-order chi connectivity index (χ1) is 17.0. The Hall–Kier alpha value is -2.56. The van der Waals surface area contributed by atoms with Gasteiger partial charge in [0.05, 0.1) is 6.10 Å². The molecule has 2 fully saturated rings. The third-order valence-corrected chi connectivity index (χ3v) is 10.5. The van der Waals surface area contributed by atoms with Crippen LogP contribution < -0.4 is 0 Å². The van der Waals surface area contributed by atoms with E-state index in [1.54, 1.807) is 0 Å². The van der Waals surface area contributed by atoms with Crippen molar-refractivity contribution in [3.05, 3.63) is 83.4 Å². The van der Waals surface area contributed by atoms with Gasteiger partial charge >= 0.3 is 0 Å². The van der Waals surface area contributed by atoms with Crippen LogP contribution in [0.2, 0.25) is 0 Å². The average Bonchev–Trinajstić information content (AvgIpc) is 3.18. The molecule has 0 radical (unpaired) electrons. The van der Waals surface area contributed by atoms with Crippen LogP contribution in [-0.4, -0.2) is 27.9 Å². The Morgan fingerprint density at radius 2 is 1.66 bits per heavy atom. The zero-order chi connectivity index (χ0) is 24.2. The molecule has 0 aromatic heterocycles. The lowest BCUT2D eigenvalue weighted by Gasteiger charge is -2.52. The third kappa shape index (κ3) is 3.91. The number of phenols is 1. The summed E-state index contributed by atoms with van der Waals surface area (Å²) in [6.07, 6.45) is 5.85. The van der Waals surface area contributed by atoms with Gasteiger partial charge in [0.25, 0.3) is 0 Å². The molecule has 35 heavy (non-hydrogen) atoms. The number of rotatable bonds is 4. The van der Waals surface area contributed by atoms with Crippen LogP contribution in [0, 0.1) is 17.3 Å². The molecule has 4 heteroatoms. The maximum atomic E-state index is 11.0. The Balaban J connectivity index is 1.31. The molecule has 0 heterocycles. The topological polar surface area (TPSA) is 57.5 Å². The van der Waals surface area contributed by atoms with E-state index in [0.717, 1.165) is 49.5 Å². The Morgan fingerprint density at radius 3 is 2.37 bits per heavy atom. The van der Waals surface area contributed by atoms with Crippen LogP contribution in [-0.2, 0) is 6.42 Å². The van der Waals surface area contributed by atoms with Gasteiger partial charge in [-0.3, -0.25) is 4.79 Å². The van der Waals surface area contributed by atoms with Gasteiger partial charge in [-0.25, -0.2) is 0 Å². The fraction of sp³-hybridized carbons (Fsp3) is 0.387. The SMILES string of the molecule is CC12CCC3c4ccc(O)cc4CC(Sc4ccc(-c5ccc(C=O)cc5)cc4)C3C1CCC2O. The van der Waals surface area contributed by atoms with Crippen molar-refractivity contribution in [3.63, 3.8) is 0 Å². The lowest BCUT2D eigenvalue weighted by molar-refractivity contribution is -0.0209. The summed E-state index contributed by atoms with van der Waals surface area (Å²) < 4.78 is 0. The molecule has 6 unspecified atom stereocenters. The van der Waals surface area contributed by atoms with Gasteiger partial charge in [0, 0.05) is 15.7 Å². The molecule has 3 aromatic carbocycles. The van der Waals surface area contributed by atoms with Crippen LogP contribution in [0.1, 0.15) is 60.0 Å². The highest BCUT2D eigenvalue weighted by Crippen LogP contribution is 2.62. The van der Waals surface area contributed by atoms with E-state index >= 15 is 0 Å². The number of aromatic hydroxyl groups is 1. The Bertz CT molecular complexity index is 1240. The van der Waals surface area contributed by atoms with Gasteiger partial charge in [-0.05, 0) is 102 Å². The fourth-order valence-corrected chi connectivity index (χ4v) is 8.75. The van der Waals surface area contributed by atoms with E-state index in [9.17, 15) is 15.0 Å². The van der Waals surface area contributed by atoms with Crippen molar-refractivity contribution in [2.45, 2.75) is 61.2 Å². The first-order valence-corrected chi connectivity index (χ1v) is 13.7. The van der Waals surface area contributed by atoms with E-state index < -0.39 is 0 Å². The minimum absolute atomic E-state index is 0.0198. The quantitative estimate of drug-likeness (QED) is 0.397. The molecule has 3 aromatic rings. The molecule has 0 bridgehead atoms. The number of phenolic OH excluding ortho intramolecular Hbond substituents is 1. The van der Waals surface area contributed by atoms with Crippen LogP contribution in [0.5, 0.6) is 5.75 Å². The number of carbonyl (C=O) groups is 1. The molecular weight excluding hydrogens is 452 g/mol. The van der Waals surface area contributed by atoms with Crippen molar-refractivity contribution in [1.29, 1.82) is 0 Å². The van der Waals surface area contributed by atoms with E-state index in [4.69, 9.17) is 0 Å². The summed E-state index contributed by atoms with van der Waals surface area (Å²) in [7, 11) is 0. The van der Waals surface area contributed by atoms with Gasteiger partial charge in [0.2, 0.25) is 0 Å². The Morgan fingerprint density at radius 1 is 0.943 bits per heavy atom. The predicted molar refractivity (Wildman–Crippen MR) is 141 cm³/mol. The minimum atomic E-state index is -0.190. The molecule has 0 aliphatic heterocycles. The molecule has 0 saturated heterocycles. The van der Waals surface area contributed by atoms with E-state index in [1.165, 1.54) is 16.0 Å². The summed E-state index contributed by atoms with van der Waals surface area (Å²) in [5.41, 5.74) is 5.67. The van der Waals surface area contributed by atoms with Crippen LogP contribution in [0.4, 0.5) is 0 Å². The van der Waals surface area contributed by atoms with Crippen molar-refractivity contribution < 1.29 is 15.0 Å². The smallest absolute Gasteiger partial charge is 0.150 e. The highest BCUT2D eigenvalue weighted by atomic mass is 32.2. The number of hydrogen-bond acceptors (Lipinski definition) is 4. The second kappa shape index (κ2) is 8.83. The lowest BCUT2D eigenvalue weighted by atomic mass is 9.55. The average molecular weight is 485 g/mol. The van der Waals surface area contributed by atoms with Crippen LogP contribution in [0.15, 0.2) is 71.6 Å². The summed E-state index contributed by atoms with van der Waals surface area (Å²) in [6, 6.07) is 22.5.